The molecule has 0 bridgehead atoms. The SMILES string of the molecule is C=CCn1c(=NC(=O)c2ccc(C(=O)OC)cc2)sc2cc(S(N)(=O)=O)ccc21. The van der Waals surface area contributed by atoms with Gasteiger partial charge in [0.1, 0.15) is 0 Å². The first-order chi connectivity index (χ1) is 13.7. The van der Waals surface area contributed by atoms with Gasteiger partial charge in [-0.3, -0.25) is 4.79 Å². The first-order valence-electron chi connectivity index (χ1n) is 8.29. The zero-order valence-electron chi connectivity index (χ0n) is 15.4. The van der Waals surface area contributed by atoms with Crippen LogP contribution in [0.5, 0.6) is 0 Å². The molecule has 150 valence electrons. The number of amides is 1. The van der Waals surface area contributed by atoms with Crippen LogP contribution in [0.3, 0.4) is 0 Å². The maximum atomic E-state index is 12.6. The number of carbonyl (C=O) groups excluding carboxylic acids is 2. The van der Waals surface area contributed by atoms with E-state index < -0.39 is 21.9 Å². The number of aromatic nitrogens is 1. The van der Waals surface area contributed by atoms with Crippen LogP contribution in [-0.4, -0.2) is 32.0 Å². The van der Waals surface area contributed by atoms with Gasteiger partial charge in [0.25, 0.3) is 5.91 Å². The van der Waals surface area contributed by atoms with E-state index >= 15 is 0 Å². The number of rotatable bonds is 5. The number of sulfonamides is 1. The maximum absolute atomic E-state index is 12.6. The van der Waals surface area contributed by atoms with E-state index in [1.807, 2.05) is 0 Å². The quantitative estimate of drug-likeness (QED) is 0.490. The van der Waals surface area contributed by atoms with E-state index in [1.165, 1.54) is 43.5 Å². The van der Waals surface area contributed by atoms with Gasteiger partial charge in [-0.2, -0.15) is 4.99 Å². The molecule has 0 radical (unpaired) electrons. The molecule has 0 fully saturated rings. The van der Waals surface area contributed by atoms with E-state index in [0.29, 0.717) is 32.7 Å². The summed E-state index contributed by atoms with van der Waals surface area (Å²) in [4.78, 5) is 28.6. The van der Waals surface area contributed by atoms with Crippen molar-refractivity contribution in [3.05, 3.63) is 71.0 Å². The third-order valence-electron chi connectivity index (χ3n) is 4.04. The second kappa shape index (κ2) is 8.11. The van der Waals surface area contributed by atoms with Crippen molar-refractivity contribution in [3.63, 3.8) is 0 Å². The Morgan fingerprint density at radius 3 is 2.45 bits per heavy atom. The molecule has 29 heavy (non-hydrogen) atoms. The number of benzene rings is 2. The molecule has 0 spiro atoms. The van der Waals surface area contributed by atoms with Crippen LogP contribution in [0.25, 0.3) is 10.2 Å². The summed E-state index contributed by atoms with van der Waals surface area (Å²) >= 11 is 1.16. The van der Waals surface area contributed by atoms with Gasteiger partial charge < -0.3 is 9.30 Å². The number of nitrogens with two attached hydrogens (primary N) is 1. The number of primary sulfonamides is 1. The highest BCUT2D eigenvalue weighted by molar-refractivity contribution is 7.89. The normalized spacial score (nSPS) is 12.1. The molecule has 3 aromatic rings. The molecule has 8 nitrogen and oxygen atoms in total. The van der Waals surface area contributed by atoms with Gasteiger partial charge >= 0.3 is 5.97 Å². The van der Waals surface area contributed by atoms with Crippen molar-refractivity contribution in [2.75, 3.05) is 7.11 Å². The summed E-state index contributed by atoms with van der Waals surface area (Å²) in [6.45, 7) is 4.09. The zero-order chi connectivity index (χ0) is 21.2. The monoisotopic (exact) mass is 431 g/mol. The predicted octanol–water partition coefficient (Wildman–Crippen LogP) is 2.06. The molecule has 1 aromatic heterocycles. The Kier molecular flexibility index (Phi) is 5.78. The molecular weight excluding hydrogens is 414 g/mol. The highest BCUT2D eigenvalue weighted by Crippen LogP contribution is 2.21. The second-order valence-electron chi connectivity index (χ2n) is 5.94. The van der Waals surface area contributed by atoms with Gasteiger partial charge in [0, 0.05) is 12.1 Å². The number of fused-ring (bicyclic) bond motifs is 1. The van der Waals surface area contributed by atoms with Crippen molar-refractivity contribution in [2.24, 2.45) is 10.1 Å². The van der Waals surface area contributed by atoms with Crippen LogP contribution >= 0.6 is 11.3 Å². The van der Waals surface area contributed by atoms with Crippen molar-refractivity contribution in [3.8, 4) is 0 Å². The Balaban J connectivity index is 2.08. The van der Waals surface area contributed by atoms with Crippen LogP contribution in [0, 0.1) is 0 Å². The summed E-state index contributed by atoms with van der Waals surface area (Å²) in [5.41, 5.74) is 1.32. The Labute approximate surface area is 170 Å². The molecule has 0 saturated heterocycles. The average molecular weight is 431 g/mol. The van der Waals surface area contributed by atoms with Crippen molar-refractivity contribution in [2.45, 2.75) is 11.4 Å². The summed E-state index contributed by atoms with van der Waals surface area (Å²) in [5.74, 6) is -1.00. The zero-order valence-corrected chi connectivity index (χ0v) is 17.0. The molecule has 2 N–H and O–H groups in total. The van der Waals surface area contributed by atoms with Crippen LogP contribution < -0.4 is 9.94 Å². The van der Waals surface area contributed by atoms with E-state index in [2.05, 4.69) is 16.3 Å². The second-order valence-corrected chi connectivity index (χ2v) is 8.51. The molecule has 1 amide bonds. The average Bonchev–Trinajstić information content (AvgIpc) is 3.03. The number of ether oxygens (including phenoxy) is 1. The molecule has 0 aliphatic heterocycles. The number of allylic oxidation sites excluding steroid dienone is 1. The lowest BCUT2D eigenvalue weighted by atomic mass is 10.1. The van der Waals surface area contributed by atoms with E-state index in [0.717, 1.165) is 11.3 Å². The highest BCUT2D eigenvalue weighted by atomic mass is 32.2. The van der Waals surface area contributed by atoms with E-state index in [4.69, 9.17) is 5.14 Å². The largest absolute Gasteiger partial charge is 0.465 e. The lowest BCUT2D eigenvalue weighted by Crippen LogP contribution is -2.16. The van der Waals surface area contributed by atoms with Crippen LogP contribution in [0.4, 0.5) is 0 Å². The topological polar surface area (TPSA) is 121 Å². The first-order valence-corrected chi connectivity index (χ1v) is 10.7. The molecule has 0 aliphatic carbocycles. The number of hydrogen-bond acceptors (Lipinski definition) is 6. The Morgan fingerprint density at radius 1 is 1.21 bits per heavy atom. The van der Waals surface area contributed by atoms with Crippen LogP contribution in [-0.2, 0) is 21.3 Å². The molecule has 0 aliphatic rings. The number of carbonyl (C=O) groups is 2. The summed E-state index contributed by atoms with van der Waals surface area (Å²) in [6, 6.07) is 10.4. The van der Waals surface area contributed by atoms with Crippen molar-refractivity contribution in [1.29, 1.82) is 0 Å². The lowest BCUT2D eigenvalue weighted by molar-refractivity contribution is 0.0600. The maximum Gasteiger partial charge on any atom is 0.337 e. The van der Waals surface area contributed by atoms with Crippen molar-refractivity contribution < 1.29 is 22.7 Å². The van der Waals surface area contributed by atoms with Gasteiger partial charge in [-0.05, 0) is 42.5 Å². The Bertz CT molecular complexity index is 1290. The molecule has 2 aromatic carbocycles. The minimum Gasteiger partial charge on any atom is -0.465 e. The summed E-state index contributed by atoms with van der Waals surface area (Å²) < 4.78 is 30.2. The van der Waals surface area contributed by atoms with Crippen LogP contribution in [0.1, 0.15) is 20.7 Å². The van der Waals surface area contributed by atoms with Gasteiger partial charge in [-0.1, -0.05) is 17.4 Å². The van der Waals surface area contributed by atoms with Crippen LogP contribution in [0.15, 0.2) is 65.0 Å². The third kappa shape index (κ3) is 4.34. The number of thiazole rings is 1. The van der Waals surface area contributed by atoms with Crippen molar-refractivity contribution in [1.82, 2.24) is 4.57 Å². The number of methoxy groups -OCH3 is 1. The van der Waals surface area contributed by atoms with Gasteiger partial charge in [0.2, 0.25) is 10.0 Å². The lowest BCUT2D eigenvalue weighted by Gasteiger charge is -2.02. The number of nitrogens with zero attached hydrogens (tertiary/aromatic N) is 2. The van der Waals surface area contributed by atoms with Gasteiger partial charge in [-0.15, -0.1) is 6.58 Å². The minimum atomic E-state index is -3.85. The summed E-state index contributed by atoms with van der Waals surface area (Å²) in [6.07, 6.45) is 1.65. The molecule has 10 heteroatoms. The molecule has 0 saturated carbocycles. The molecular formula is C19H17N3O5S2. The fourth-order valence-electron chi connectivity index (χ4n) is 2.64. The summed E-state index contributed by atoms with van der Waals surface area (Å²) in [5, 5.41) is 5.19. The first kappa shape index (κ1) is 20.6. The number of hydrogen-bond donors (Lipinski definition) is 1. The third-order valence-corrected chi connectivity index (χ3v) is 6.00. The van der Waals surface area contributed by atoms with Gasteiger partial charge in [0.05, 0.1) is 27.8 Å². The van der Waals surface area contributed by atoms with Crippen molar-refractivity contribution >= 4 is 43.5 Å². The molecule has 3 rings (SSSR count). The predicted molar refractivity (Wildman–Crippen MR) is 109 cm³/mol. The van der Waals surface area contributed by atoms with E-state index in [9.17, 15) is 18.0 Å². The fourth-order valence-corrected chi connectivity index (χ4v) is 4.33. The van der Waals surface area contributed by atoms with Crippen LogP contribution in [0.2, 0.25) is 0 Å². The minimum absolute atomic E-state index is 0.0201. The van der Waals surface area contributed by atoms with E-state index in [-0.39, 0.29) is 4.90 Å². The smallest absolute Gasteiger partial charge is 0.337 e. The van der Waals surface area contributed by atoms with E-state index in [1.54, 1.807) is 16.7 Å². The van der Waals surface area contributed by atoms with Gasteiger partial charge in [0.15, 0.2) is 4.80 Å². The molecule has 1 heterocycles. The number of esters is 1. The molecule has 0 atom stereocenters. The summed E-state index contributed by atoms with van der Waals surface area (Å²) in [7, 11) is -2.57. The molecule has 0 unspecified atom stereocenters. The Hall–Kier alpha value is -3.08. The standard InChI is InChI=1S/C19H17N3O5S2/c1-3-10-22-15-9-8-14(29(20,25)26)11-16(15)28-19(22)21-17(23)12-4-6-13(7-5-12)18(24)27-2/h3-9,11H,1,10H2,2H3,(H2,20,25,26). The Morgan fingerprint density at radius 2 is 1.86 bits per heavy atom. The fraction of sp³-hybridized carbons (Fsp3) is 0.105. The highest BCUT2D eigenvalue weighted by Gasteiger charge is 2.13. The van der Waals surface area contributed by atoms with Gasteiger partial charge in [-0.25, -0.2) is 18.4 Å².